The fourth-order valence-corrected chi connectivity index (χ4v) is 5.13. The van der Waals surface area contributed by atoms with E-state index in [2.05, 4.69) is 86.1 Å². The van der Waals surface area contributed by atoms with Crippen LogP contribution in [0.5, 0.6) is 0 Å². The van der Waals surface area contributed by atoms with Crippen molar-refractivity contribution in [2.45, 2.75) is 91.0 Å². The number of unbranched alkanes of at least 4 members (excludes halogenated alkanes) is 1. The Hall–Kier alpha value is -3.99. The van der Waals surface area contributed by atoms with Crippen LogP contribution in [0.2, 0.25) is 0 Å². The Bertz CT molecular complexity index is 1630. The lowest BCUT2D eigenvalue weighted by molar-refractivity contribution is 0.574. The number of fused-ring (bicyclic) bond motifs is 1. The second-order valence-electron chi connectivity index (χ2n) is 14.2. The topological polar surface area (TPSA) is 179 Å². The Morgan fingerprint density at radius 1 is 0.851 bits per heavy atom. The zero-order valence-corrected chi connectivity index (χ0v) is 29.3. The van der Waals surface area contributed by atoms with E-state index >= 15 is 0 Å². The van der Waals surface area contributed by atoms with Gasteiger partial charge in [0.1, 0.15) is 5.65 Å². The molecule has 2 aromatic heterocycles. The fraction of sp³-hybridized carbons (Fsp3) is 0.486. The van der Waals surface area contributed by atoms with Gasteiger partial charge in [-0.25, -0.2) is 4.79 Å². The van der Waals surface area contributed by atoms with Gasteiger partial charge in [0.2, 0.25) is 0 Å². The van der Waals surface area contributed by atoms with Gasteiger partial charge in [0.25, 0.3) is 0 Å². The van der Waals surface area contributed by atoms with Crippen molar-refractivity contribution in [1.82, 2.24) is 19.9 Å². The molecule has 47 heavy (non-hydrogen) atoms. The number of aromatic amines is 1. The monoisotopic (exact) mass is 643 g/mol. The lowest BCUT2D eigenvalue weighted by Gasteiger charge is -2.21. The zero-order chi connectivity index (χ0) is 34.6. The van der Waals surface area contributed by atoms with Crippen LogP contribution in [0.15, 0.2) is 64.5 Å². The normalized spacial score (nSPS) is 11.7. The number of hydrogen-bond acceptors (Lipinski definition) is 6. The van der Waals surface area contributed by atoms with E-state index in [0.717, 1.165) is 74.2 Å². The van der Waals surface area contributed by atoms with Crippen molar-refractivity contribution in [2.75, 3.05) is 26.2 Å². The summed E-state index contributed by atoms with van der Waals surface area (Å²) in [6.45, 7) is 16.8. The molecule has 4 aromatic rings. The summed E-state index contributed by atoms with van der Waals surface area (Å²) in [5, 5.41) is 4.27. The maximum absolute atomic E-state index is 12.5. The summed E-state index contributed by atoms with van der Waals surface area (Å²) in [6.07, 6.45) is 7.07. The van der Waals surface area contributed by atoms with E-state index in [-0.39, 0.29) is 22.5 Å². The highest BCUT2D eigenvalue weighted by molar-refractivity contribution is 5.76. The Kier molecular flexibility index (Phi) is 13.7. The van der Waals surface area contributed by atoms with Crippen molar-refractivity contribution in [3.05, 3.63) is 93.2 Å². The van der Waals surface area contributed by atoms with Crippen molar-refractivity contribution in [3.8, 4) is 5.69 Å². The average molecular weight is 644 g/mol. The minimum atomic E-state index is -0.301. The molecule has 0 amide bonds. The van der Waals surface area contributed by atoms with Gasteiger partial charge in [-0.15, -0.1) is 0 Å². The summed E-state index contributed by atoms with van der Waals surface area (Å²) in [5.74, 6) is 0.123. The van der Waals surface area contributed by atoms with E-state index < -0.39 is 0 Å². The second kappa shape index (κ2) is 17.2. The molecule has 10 nitrogen and oxygen atoms in total. The van der Waals surface area contributed by atoms with Crippen molar-refractivity contribution in [3.63, 3.8) is 0 Å². The summed E-state index contributed by atoms with van der Waals surface area (Å²) < 4.78 is 1.58. The summed E-state index contributed by atoms with van der Waals surface area (Å²) in [4.78, 5) is 23.9. The van der Waals surface area contributed by atoms with Crippen LogP contribution >= 0.6 is 0 Å². The molecule has 0 aliphatic rings. The summed E-state index contributed by atoms with van der Waals surface area (Å²) in [6, 6.07) is 16.9. The van der Waals surface area contributed by atoms with E-state index in [1.54, 1.807) is 4.57 Å². The molecule has 4 rings (SSSR count). The number of hydrogen-bond donors (Lipinski definition) is 6. The number of nitrogens with zero attached hydrogens (tertiary/aromatic N) is 3. The van der Waals surface area contributed by atoms with Crippen molar-refractivity contribution >= 4 is 17.0 Å². The van der Waals surface area contributed by atoms with Gasteiger partial charge in [0, 0.05) is 35.8 Å². The standard InChI is InChI=1S/C21H29N7O.C16H28N2/c1-21(2,3)17-11-15-13-28(20(29)27-18(15)26-17)16-7-5-14(6-8-16)12-24-9-4-10-25-19(22)23;1-16(2,3)15-11-13(6-4-5-8-17)10-14(12-15)7-9-18/h5-8,11,13,24H,4,9-10,12H2,1-3H3,(H4,22,23,25)(H,26,27,29);10-12H,4-9,17-18H2,1-3H3. The average Bonchev–Trinajstić information content (AvgIpc) is 3.43. The number of benzene rings is 2. The Morgan fingerprint density at radius 3 is 2.13 bits per heavy atom. The molecule has 0 radical (unpaired) electrons. The molecule has 10 N–H and O–H groups in total. The minimum absolute atomic E-state index is 0.0352. The number of H-pyrrole nitrogens is 1. The molecule has 0 saturated heterocycles. The van der Waals surface area contributed by atoms with E-state index in [4.69, 9.17) is 22.9 Å². The summed E-state index contributed by atoms with van der Waals surface area (Å²) in [5.41, 5.74) is 29.5. The molecule has 10 heteroatoms. The van der Waals surface area contributed by atoms with Crippen LogP contribution in [0, 0.1) is 0 Å². The van der Waals surface area contributed by atoms with Crippen LogP contribution in [0.3, 0.4) is 0 Å². The SMILES string of the molecule is CC(C)(C)c1cc(CCN)cc(CCCCN)c1.CC(C)(C)c1cc2cn(-c3ccc(CNCCCN=C(N)N)cc3)c(=O)nc2[nH]1. The van der Waals surface area contributed by atoms with Crippen LogP contribution in [-0.2, 0) is 30.2 Å². The lowest BCUT2D eigenvalue weighted by Crippen LogP contribution is -2.23. The van der Waals surface area contributed by atoms with Gasteiger partial charge in [0.05, 0.1) is 5.69 Å². The van der Waals surface area contributed by atoms with Gasteiger partial charge < -0.3 is 33.2 Å². The van der Waals surface area contributed by atoms with Gasteiger partial charge in [-0.1, -0.05) is 71.9 Å². The molecule has 2 heterocycles. The molecule has 256 valence electrons. The molecule has 0 spiro atoms. The highest BCUT2D eigenvalue weighted by Crippen LogP contribution is 2.26. The maximum atomic E-state index is 12.5. The van der Waals surface area contributed by atoms with E-state index in [1.165, 1.54) is 23.1 Å². The van der Waals surface area contributed by atoms with E-state index in [0.29, 0.717) is 12.2 Å². The number of guanidine groups is 1. The van der Waals surface area contributed by atoms with Crippen LogP contribution in [0.4, 0.5) is 0 Å². The summed E-state index contributed by atoms with van der Waals surface area (Å²) in [7, 11) is 0. The third-order valence-electron chi connectivity index (χ3n) is 7.94. The predicted octanol–water partition coefficient (Wildman–Crippen LogP) is 4.53. The first-order valence-electron chi connectivity index (χ1n) is 16.7. The van der Waals surface area contributed by atoms with Crippen molar-refractivity contribution in [2.24, 2.45) is 27.9 Å². The number of aromatic nitrogens is 3. The molecule has 0 aliphatic carbocycles. The van der Waals surface area contributed by atoms with Gasteiger partial charge in [0.15, 0.2) is 5.96 Å². The molecule has 0 aliphatic heterocycles. The number of nitrogens with one attached hydrogen (secondary N) is 2. The molecule has 2 aromatic carbocycles. The number of aryl methyl sites for hydroxylation is 1. The molecule has 0 saturated carbocycles. The fourth-order valence-electron chi connectivity index (χ4n) is 5.13. The first-order chi connectivity index (χ1) is 22.2. The maximum Gasteiger partial charge on any atom is 0.354 e. The van der Waals surface area contributed by atoms with E-state index in [9.17, 15) is 4.79 Å². The van der Waals surface area contributed by atoms with Gasteiger partial charge in [-0.2, -0.15) is 4.98 Å². The predicted molar refractivity (Wildman–Crippen MR) is 197 cm³/mol. The highest BCUT2D eigenvalue weighted by atomic mass is 16.1. The largest absolute Gasteiger partial charge is 0.370 e. The zero-order valence-electron chi connectivity index (χ0n) is 29.3. The number of rotatable bonds is 13. The van der Waals surface area contributed by atoms with Crippen LogP contribution in [0.1, 0.15) is 88.8 Å². The second-order valence-corrected chi connectivity index (χ2v) is 14.2. The molecule has 0 atom stereocenters. The smallest absolute Gasteiger partial charge is 0.354 e. The lowest BCUT2D eigenvalue weighted by atomic mass is 9.84. The first kappa shape index (κ1) is 37.5. The van der Waals surface area contributed by atoms with Crippen molar-refractivity contribution in [1.29, 1.82) is 0 Å². The highest BCUT2D eigenvalue weighted by Gasteiger charge is 2.18. The Morgan fingerprint density at radius 2 is 1.53 bits per heavy atom. The third kappa shape index (κ3) is 12.0. The van der Waals surface area contributed by atoms with Crippen LogP contribution < -0.4 is 33.9 Å². The van der Waals surface area contributed by atoms with Gasteiger partial charge in [-0.3, -0.25) is 9.56 Å². The summed E-state index contributed by atoms with van der Waals surface area (Å²) >= 11 is 0. The minimum Gasteiger partial charge on any atom is -0.370 e. The quantitative estimate of drug-likeness (QED) is 0.0703. The number of aliphatic imine (C=N–C) groups is 1. The first-order valence-corrected chi connectivity index (χ1v) is 16.7. The molecular formula is C37H57N9O. The van der Waals surface area contributed by atoms with Gasteiger partial charge >= 0.3 is 5.69 Å². The van der Waals surface area contributed by atoms with Gasteiger partial charge in [-0.05, 0) is 97.6 Å². The molecular weight excluding hydrogens is 586 g/mol. The third-order valence-corrected chi connectivity index (χ3v) is 7.94. The molecule has 0 fully saturated rings. The Balaban J connectivity index is 0.000000287. The van der Waals surface area contributed by atoms with Crippen molar-refractivity contribution < 1.29 is 0 Å². The van der Waals surface area contributed by atoms with E-state index in [1.807, 2.05) is 30.5 Å². The number of nitrogens with two attached hydrogens (primary N) is 4. The van der Waals surface area contributed by atoms with Crippen LogP contribution in [0.25, 0.3) is 16.7 Å². The Labute approximate surface area is 280 Å². The van der Waals surface area contributed by atoms with Crippen LogP contribution in [-0.4, -0.2) is 46.7 Å². The molecule has 0 unspecified atom stereocenters. The molecule has 0 bridgehead atoms.